The zero-order chi connectivity index (χ0) is 16.2. The van der Waals surface area contributed by atoms with Gasteiger partial charge in [-0.2, -0.15) is 5.10 Å². The van der Waals surface area contributed by atoms with E-state index in [1.165, 1.54) is 0 Å². The van der Waals surface area contributed by atoms with Gasteiger partial charge in [-0.05, 0) is 25.5 Å². The van der Waals surface area contributed by atoms with Crippen LogP contribution in [-0.4, -0.2) is 38.7 Å². The average molecular weight is 313 g/mol. The van der Waals surface area contributed by atoms with Gasteiger partial charge in [-0.15, -0.1) is 0 Å². The molecule has 0 radical (unpaired) electrons. The Balaban J connectivity index is 1.63. The number of nitrogens with one attached hydrogen (secondary N) is 1. The first-order valence-corrected chi connectivity index (χ1v) is 7.47. The van der Waals surface area contributed by atoms with Crippen molar-refractivity contribution in [2.75, 3.05) is 13.7 Å². The van der Waals surface area contributed by atoms with Crippen LogP contribution >= 0.6 is 0 Å². The molecule has 0 atom stereocenters. The Labute approximate surface area is 133 Å². The van der Waals surface area contributed by atoms with Crippen molar-refractivity contribution in [3.8, 4) is 5.75 Å². The number of carbonyl (C=O) groups is 1. The number of aryl methyl sites for hydroxylation is 2. The van der Waals surface area contributed by atoms with Crippen molar-refractivity contribution < 1.29 is 9.53 Å². The van der Waals surface area contributed by atoms with Gasteiger partial charge in [-0.25, -0.2) is 9.50 Å². The van der Waals surface area contributed by atoms with E-state index in [0.29, 0.717) is 23.4 Å². The van der Waals surface area contributed by atoms with Crippen LogP contribution in [-0.2, 0) is 6.54 Å². The highest BCUT2D eigenvalue weighted by atomic mass is 16.5. The number of hydrogen-bond acceptors (Lipinski definition) is 4. The summed E-state index contributed by atoms with van der Waals surface area (Å²) in [6.45, 7) is 3.37. The molecule has 0 saturated heterocycles. The number of nitrogens with zero attached hydrogens (tertiary/aromatic N) is 4. The molecule has 0 aliphatic carbocycles. The molecule has 3 aromatic rings. The van der Waals surface area contributed by atoms with Crippen molar-refractivity contribution >= 4 is 11.4 Å². The predicted molar refractivity (Wildman–Crippen MR) is 85.7 cm³/mol. The van der Waals surface area contributed by atoms with Crippen LogP contribution in [0.1, 0.15) is 22.6 Å². The van der Waals surface area contributed by atoms with E-state index < -0.39 is 0 Å². The number of imidazole rings is 1. The van der Waals surface area contributed by atoms with Gasteiger partial charge in [0, 0.05) is 31.7 Å². The lowest BCUT2D eigenvalue weighted by Crippen LogP contribution is -2.25. The lowest BCUT2D eigenvalue weighted by atomic mass is 10.2. The first kappa shape index (κ1) is 15.1. The molecule has 23 heavy (non-hydrogen) atoms. The fourth-order valence-corrected chi connectivity index (χ4v) is 2.53. The van der Waals surface area contributed by atoms with Gasteiger partial charge >= 0.3 is 0 Å². The molecule has 7 heteroatoms. The van der Waals surface area contributed by atoms with Gasteiger partial charge in [-0.3, -0.25) is 4.79 Å². The summed E-state index contributed by atoms with van der Waals surface area (Å²) in [5.74, 6) is 1.46. The van der Waals surface area contributed by atoms with Crippen LogP contribution in [0.15, 0.2) is 36.9 Å². The SMILES string of the molecule is COc1cccn2ncc(C(=O)NCCCn3ccnc3C)c12. The molecule has 0 spiro atoms. The molecule has 0 saturated carbocycles. The van der Waals surface area contributed by atoms with Crippen LogP contribution in [0.5, 0.6) is 5.75 Å². The monoisotopic (exact) mass is 313 g/mol. The van der Waals surface area contributed by atoms with Crippen LogP contribution in [0.3, 0.4) is 0 Å². The second kappa shape index (κ2) is 6.51. The summed E-state index contributed by atoms with van der Waals surface area (Å²) in [5, 5.41) is 7.12. The van der Waals surface area contributed by atoms with Gasteiger partial charge in [0.15, 0.2) is 0 Å². The number of fused-ring (bicyclic) bond motifs is 1. The number of amides is 1. The molecule has 0 unspecified atom stereocenters. The van der Waals surface area contributed by atoms with Crippen LogP contribution in [0, 0.1) is 6.92 Å². The summed E-state index contributed by atoms with van der Waals surface area (Å²) in [6.07, 6.45) is 7.90. The van der Waals surface area contributed by atoms with E-state index in [2.05, 4.69) is 20.0 Å². The van der Waals surface area contributed by atoms with Crippen molar-refractivity contribution in [1.82, 2.24) is 24.5 Å². The largest absolute Gasteiger partial charge is 0.494 e. The summed E-state index contributed by atoms with van der Waals surface area (Å²) in [7, 11) is 1.58. The molecule has 3 rings (SSSR count). The van der Waals surface area contributed by atoms with Gasteiger partial charge in [0.25, 0.3) is 5.91 Å². The second-order valence-electron chi connectivity index (χ2n) is 5.21. The van der Waals surface area contributed by atoms with E-state index in [9.17, 15) is 4.79 Å². The van der Waals surface area contributed by atoms with Gasteiger partial charge in [0.2, 0.25) is 0 Å². The highest BCUT2D eigenvalue weighted by Gasteiger charge is 2.15. The highest BCUT2D eigenvalue weighted by Crippen LogP contribution is 2.22. The average Bonchev–Trinajstić information content (AvgIpc) is 3.17. The van der Waals surface area contributed by atoms with E-state index >= 15 is 0 Å². The molecule has 120 valence electrons. The summed E-state index contributed by atoms with van der Waals surface area (Å²) < 4.78 is 9.01. The molecule has 7 nitrogen and oxygen atoms in total. The van der Waals surface area contributed by atoms with Gasteiger partial charge in [-0.1, -0.05) is 0 Å². The Bertz CT molecular complexity index is 821. The minimum Gasteiger partial charge on any atom is -0.494 e. The molecular weight excluding hydrogens is 294 g/mol. The quantitative estimate of drug-likeness (QED) is 0.703. The first-order valence-electron chi connectivity index (χ1n) is 7.47. The number of aromatic nitrogens is 4. The van der Waals surface area contributed by atoms with Crippen molar-refractivity contribution in [2.45, 2.75) is 19.9 Å². The fraction of sp³-hybridized carbons (Fsp3) is 0.312. The summed E-state index contributed by atoms with van der Waals surface area (Å²) in [5.41, 5.74) is 1.19. The molecule has 0 bridgehead atoms. The van der Waals surface area contributed by atoms with Crippen LogP contribution in [0.2, 0.25) is 0 Å². The molecule has 0 fully saturated rings. The van der Waals surface area contributed by atoms with Crippen molar-refractivity contribution in [3.05, 3.63) is 48.3 Å². The second-order valence-corrected chi connectivity index (χ2v) is 5.21. The van der Waals surface area contributed by atoms with Gasteiger partial charge in [0.1, 0.15) is 17.1 Å². The molecule has 3 aromatic heterocycles. The zero-order valence-corrected chi connectivity index (χ0v) is 13.2. The van der Waals surface area contributed by atoms with Crippen LogP contribution < -0.4 is 10.1 Å². The third kappa shape index (κ3) is 3.03. The van der Waals surface area contributed by atoms with Gasteiger partial charge in [0.05, 0.1) is 18.9 Å². The van der Waals surface area contributed by atoms with E-state index in [4.69, 9.17) is 4.74 Å². The summed E-state index contributed by atoms with van der Waals surface area (Å²) in [6, 6.07) is 3.64. The first-order chi connectivity index (χ1) is 11.2. The van der Waals surface area contributed by atoms with Crippen molar-refractivity contribution in [1.29, 1.82) is 0 Å². The maximum atomic E-state index is 12.4. The van der Waals surface area contributed by atoms with Gasteiger partial charge < -0.3 is 14.6 Å². The summed E-state index contributed by atoms with van der Waals surface area (Å²) in [4.78, 5) is 16.6. The number of pyridine rings is 1. The Morgan fingerprint density at radius 2 is 2.26 bits per heavy atom. The zero-order valence-electron chi connectivity index (χ0n) is 13.2. The highest BCUT2D eigenvalue weighted by molar-refractivity contribution is 6.02. The Morgan fingerprint density at radius 3 is 3.00 bits per heavy atom. The molecule has 1 amide bonds. The number of hydrogen-bond donors (Lipinski definition) is 1. The van der Waals surface area contributed by atoms with Crippen LogP contribution in [0.25, 0.3) is 5.52 Å². The fourth-order valence-electron chi connectivity index (χ4n) is 2.53. The third-order valence-corrected chi connectivity index (χ3v) is 3.75. The van der Waals surface area contributed by atoms with E-state index in [1.807, 2.05) is 25.3 Å². The maximum Gasteiger partial charge on any atom is 0.255 e. The van der Waals surface area contributed by atoms with E-state index in [0.717, 1.165) is 18.8 Å². The third-order valence-electron chi connectivity index (χ3n) is 3.75. The Morgan fingerprint density at radius 1 is 1.39 bits per heavy atom. The van der Waals surface area contributed by atoms with Crippen molar-refractivity contribution in [2.24, 2.45) is 0 Å². The van der Waals surface area contributed by atoms with Crippen LogP contribution in [0.4, 0.5) is 0 Å². The van der Waals surface area contributed by atoms with E-state index in [1.54, 1.807) is 30.2 Å². The predicted octanol–water partition coefficient (Wildman–Crippen LogP) is 1.67. The topological polar surface area (TPSA) is 73.5 Å². The standard InChI is InChI=1S/C16H19N5O2/c1-12-17-7-10-20(12)8-4-6-18-16(22)13-11-19-21-9-3-5-14(23-2)15(13)21/h3,5,7,9-11H,4,6,8H2,1-2H3,(H,18,22). The Hall–Kier alpha value is -2.83. The minimum atomic E-state index is -0.146. The number of carbonyl (C=O) groups excluding carboxylic acids is 1. The maximum absolute atomic E-state index is 12.4. The lowest BCUT2D eigenvalue weighted by Gasteiger charge is -2.07. The van der Waals surface area contributed by atoms with E-state index in [-0.39, 0.29) is 5.91 Å². The number of methoxy groups -OCH3 is 1. The lowest BCUT2D eigenvalue weighted by molar-refractivity contribution is 0.0954. The number of ether oxygens (including phenoxy) is 1. The molecule has 3 heterocycles. The smallest absolute Gasteiger partial charge is 0.255 e. The minimum absolute atomic E-state index is 0.146. The molecule has 0 aliphatic rings. The van der Waals surface area contributed by atoms with Crippen molar-refractivity contribution in [3.63, 3.8) is 0 Å². The number of rotatable bonds is 6. The molecule has 1 N–H and O–H groups in total. The molecule has 0 aliphatic heterocycles. The normalized spacial score (nSPS) is 10.9. The Kier molecular flexibility index (Phi) is 4.27. The molecule has 0 aromatic carbocycles. The molecular formula is C16H19N5O2. The summed E-state index contributed by atoms with van der Waals surface area (Å²) >= 11 is 0.